The van der Waals surface area contributed by atoms with Gasteiger partial charge in [0.25, 0.3) is 5.91 Å². The van der Waals surface area contributed by atoms with Gasteiger partial charge in [-0.2, -0.15) is 0 Å². The summed E-state index contributed by atoms with van der Waals surface area (Å²) in [7, 11) is 2.89. The summed E-state index contributed by atoms with van der Waals surface area (Å²) in [4.78, 5) is 14.3. The molecule has 6 heteroatoms. The first-order valence-corrected chi connectivity index (χ1v) is 12.1. The molecule has 170 valence electrons. The van der Waals surface area contributed by atoms with E-state index >= 15 is 0 Å². The number of hydrogen-bond donors (Lipinski definition) is 3. The maximum Gasteiger partial charge on any atom is 0.252 e. The first-order chi connectivity index (χ1) is 16.1. The van der Waals surface area contributed by atoms with Crippen LogP contribution in [0.15, 0.2) is 72.8 Å². The molecule has 1 aliphatic carbocycles. The van der Waals surface area contributed by atoms with E-state index in [1.54, 1.807) is 11.3 Å². The molecule has 5 rings (SSSR count). The number of thiophene rings is 1. The number of aliphatic hydroxyl groups is 1. The molecule has 0 saturated heterocycles. The standard InChI is InChI=1S/C26H23ClN2OS.CH4O/c1-28-16-18-7-2-4-8-22(18)25(30)29-26(10-11-26)20-12-19(13-21(27)15-20)24-14-17-6-3-5-9-23(17)31-24;1-2/h2-9,12-15,28H,10-11,16H2,1H3,(H,29,30);2H,1H3. The Bertz CT molecular complexity index is 1250. The van der Waals surface area contributed by atoms with Crippen LogP contribution in [0, 0.1) is 0 Å². The van der Waals surface area contributed by atoms with E-state index in [2.05, 4.69) is 47.0 Å². The fourth-order valence-electron chi connectivity index (χ4n) is 4.11. The number of hydrogen-bond acceptors (Lipinski definition) is 4. The van der Waals surface area contributed by atoms with E-state index in [1.807, 2.05) is 43.4 Å². The Kier molecular flexibility index (Phi) is 7.15. The quantitative estimate of drug-likeness (QED) is 0.320. The molecule has 3 N–H and O–H groups in total. The summed E-state index contributed by atoms with van der Waals surface area (Å²) in [6, 6.07) is 24.5. The predicted octanol–water partition coefficient (Wildman–Crippen LogP) is 5.97. The summed E-state index contributed by atoms with van der Waals surface area (Å²) in [5.74, 6) is -0.0354. The molecule has 1 fully saturated rings. The van der Waals surface area contributed by atoms with Gasteiger partial charge in [0.1, 0.15) is 0 Å². The van der Waals surface area contributed by atoms with Crippen molar-refractivity contribution >= 4 is 38.9 Å². The van der Waals surface area contributed by atoms with Crippen LogP contribution < -0.4 is 10.6 Å². The Hall–Kier alpha value is -2.70. The molecule has 0 radical (unpaired) electrons. The van der Waals surface area contributed by atoms with E-state index in [4.69, 9.17) is 16.7 Å². The van der Waals surface area contributed by atoms with Crippen LogP contribution in [-0.2, 0) is 12.1 Å². The van der Waals surface area contributed by atoms with Crippen LogP contribution in [0.2, 0.25) is 5.02 Å². The average Bonchev–Trinajstić information content (AvgIpc) is 3.48. The molecule has 1 heterocycles. The highest BCUT2D eigenvalue weighted by atomic mass is 35.5. The van der Waals surface area contributed by atoms with Crippen molar-refractivity contribution in [3.05, 3.63) is 94.5 Å². The molecule has 0 bridgehead atoms. The average molecular weight is 479 g/mol. The molecule has 3 aromatic carbocycles. The molecule has 33 heavy (non-hydrogen) atoms. The van der Waals surface area contributed by atoms with Gasteiger partial charge in [-0.05, 0) is 78.4 Å². The number of amides is 1. The van der Waals surface area contributed by atoms with Crippen molar-refractivity contribution in [3.63, 3.8) is 0 Å². The largest absolute Gasteiger partial charge is 0.400 e. The van der Waals surface area contributed by atoms with Gasteiger partial charge >= 0.3 is 0 Å². The molecule has 0 spiro atoms. The minimum absolute atomic E-state index is 0.0354. The van der Waals surface area contributed by atoms with Crippen molar-refractivity contribution in [2.75, 3.05) is 14.2 Å². The molecule has 1 aliphatic rings. The molecule has 0 atom stereocenters. The van der Waals surface area contributed by atoms with Crippen LogP contribution >= 0.6 is 22.9 Å². The second kappa shape index (κ2) is 10.1. The zero-order valence-corrected chi connectivity index (χ0v) is 20.3. The second-order valence-electron chi connectivity index (χ2n) is 8.10. The van der Waals surface area contributed by atoms with E-state index in [0.29, 0.717) is 11.6 Å². The van der Waals surface area contributed by atoms with Crippen LogP contribution in [0.25, 0.3) is 20.5 Å². The minimum atomic E-state index is -0.347. The van der Waals surface area contributed by atoms with Gasteiger partial charge in [0.05, 0.1) is 5.54 Å². The van der Waals surface area contributed by atoms with Crippen molar-refractivity contribution in [1.29, 1.82) is 0 Å². The third-order valence-electron chi connectivity index (χ3n) is 5.89. The Morgan fingerprint density at radius 1 is 1.03 bits per heavy atom. The van der Waals surface area contributed by atoms with Crippen molar-refractivity contribution in [2.45, 2.75) is 24.9 Å². The summed E-state index contributed by atoms with van der Waals surface area (Å²) in [5, 5.41) is 15.4. The Morgan fingerprint density at radius 3 is 2.48 bits per heavy atom. The number of rotatable bonds is 6. The van der Waals surface area contributed by atoms with E-state index in [9.17, 15) is 4.79 Å². The number of nitrogens with one attached hydrogen (secondary N) is 2. The fourth-order valence-corrected chi connectivity index (χ4v) is 5.40. The van der Waals surface area contributed by atoms with Crippen molar-refractivity contribution in [2.24, 2.45) is 0 Å². The molecule has 4 nitrogen and oxygen atoms in total. The molecular formula is C27H27ClN2O2S. The van der Waals surface area contributed by atoms with E-state index in [0.717, 1.165) is 42.2 Å². The lowest BCUT2D eigenvalue weighted by atomic mass is 9.99. The smallest absolute Gasteiger partial charge is 0.252 e. The first kappa shape index (κ1) is 23.5. The van der Waals surface area contributed by atoms with E-state index in [-0.39, 0.29) is 11.4 Å². The van der Waals surface area contributed by atoms with Crippen molar-refractivity contribution in [3.8, 4) is 10.4 Å². The molecular weight excluding hydrogens is 452 g/mol. The Morgan fingerprint density at radius 2 is 1.76 bits per heavy atom. The third-order valence-corrected chi connectivity index (χ3v) is 7.28. The summed E-state index contributed by atoms with van der Waals surface area (Å²) in [6.45, 7) is 0.657. The highest BCUT2D eigenvalue weighted by Gasteiger charge is 2.46. The third kappa shape index (κ3) is 4.97. The Balaban J connectivity index is 0.00000126. The molecule has 1 aromatic heterocycles. The van der Waals surface area contributed by atoms with Crippen LogP contribution in [0.4, 0.5) is 0 Å². The number of fused-ring (bicyclic) bond motifs is 1. The predicted molar refractivity (Wildman–Crippen MR) is 138 cm³/mol. The monoisotopic (exact) mass is 478 g/mol. The fraction of sp³-hybridized carbons (Fsp3) is 0.222. The van der Waals surface area contributed by atoms with Gasteiger partial charge in [0, 0.05) is 33.8 Å². The van der Waals surface area contributed by atoms with Gasteiger partial charge in [-0.3, -0.25) is 4.79 Å². The topological polar surface area (TPSA) is 61.4 Å². The summed E-state index contributed by atoms with van der Waals surface area (Å²) in [6.07, 6.45) is 1.83. The zero-order valence-electron chi connectivity index (χ0n) is 18.7. The minimum Gasteiger partial charge on any atom is -0.400 e. The van der Waals surface area contributed by atoms with Crippen molar-refractivity contribution in [1.82, 2.24) is 10.6 Å². The number of carbonyl (C=O) groups excluding carboxylic acids is 1. The number of benzene rings is 3. The van der Waals surface area contributed by atoms with Gasteiger partial charge in [-0.1, -0.05) is 48.0 Å². The van der Waals surface area contributed by atoms with Crippen LogP contribution in [0.3, 0.4) is 0 Å². The summed E-state index contributed by atoms with van der Waals surface area (Å²) >= 11 is 8.30. The molecule has 0 aliphatic heterocycles. The molecule has 1 amide bonds. The van der Waals surface area contributed by atoms with E-state index in [1.165, 1.54) is 15.0 Å². The second-order valence-corrected chi connectivity index (χ2v) is 9.62. The van der Waals surface area contributed by atoms with E-state index < -0.39 is 0 Å². The Labute approximate surface area is 203 Å². The van der Waals surface area contributed by atoms with Gasteiger partial charge in [-0.15, -0.1) is 11.3 Å². The lowest BCUT2D eigenvalue weighted by molar-refractivity contribution is 0.0929. The van der Waals surface area contributed by atoms with Crippen LogP contribution in [0.5, 0.6) is 0 Å². The molecule has 4 aromatic rings. The lowest BCUT2D eigenvalue weighted by Gasteiger charge is -2.20. The van der Waals surface area contributed by atoms with Crippen molar-refractivity contribution < 1.29 is 9.90 Å². The number of halogens is 1. The maximum absolute atomic E-state index is 13.2. The summed E-state index contributed by atoms with van der Waals surface area (Å²) < 4.78 is 1.26. The molecule has 1 saturated carbocycles. The maximum atomic E-state index is 13.2. The van der Waals surface area contributed by atoms with Crippen LogP contribution in [0.1, 0.15) is 34.3 Å². The zero-order chi connectivity index (χ0) is 23.4. The van der Waals surface area contributed by atoms with Gasteiger partial charge < -0.3 is 15.7 Å². The van der Waals surface area contributed by atoms with Gasteiger partial charge in [-0.25, -0.2) is 0 Å². The summed E-state index contributed by atoms with van der Waals surface area (Å²) in [5.41, 5.74) is 3.54. The van der Waals surface area contributed by atoms with Gasteiger partial charge in [0.2, 0.25) is 0 Å². The normalized spacial score (nSPS) is 13.8. The SMILES string of the molecule is CNCc1ccccc1C(=O)NC1(c2cc(Cl)cc(-c3cc4ccccc4s3)c2)CC1.CO. The number of carbonyl (C=O) groups is 1. The number of aliphatic hydroxyl groups excluding tert-OH is 1. The highest BCUT2D eigenvalue weighted by molar-refractivity contribution is 7.22. The highest BCUT2D eigenvalue weighted by Crippen LogP contribution is 2.48. The lowest BCUT2D eigenvalue weighted by Crippen LogP contribution is -2.35. The molecule has 0 unspecified atom stereocenters. The first-order valence-electron chi connectivity index (χ1n) is 10.9. The van der Waals surface area contributed by atoms with Crippen LogP contribution in [-0.4, -0.2) is 25.2 Å². The van der Waals surface area contributed by atoms with Gasteiger partial charge in [0.15, 0.2) is 0 Å².